The first kappa shape index (κ1) is 20.0. The van der Waals surface area contributed by atoms with Gasteiger partial charge in [0.1, 0.15) is 5.75 Å². The van der Waals surface area contributed by atoms with Crippen LogP contribution in [0.2, 0.25) is 5.02 Å². The summed E-state index contributed by atoms with van der Waals surface area (Å²) < 4.78 is 7.26. The Hall–Kier alpha value is -2.34. The third-order valence-corrected chi connectivity index (χ3v) is 6.34. The quantitative estimate of drug-likeness (QED) is 0.753. The Morgan fingerprint density at radius 2 is 2.03 bits per heavy atom. The van der Waals surface area contributed by atoms with Crippen molar-refractivity contribution in [2.24, 2.45) is 5.92 Å². The van der Waals surface area contributed by atoms with E-state index in [4.69, 9.17) is 16.3 Å². The van der Waals surface area contributed by atoms with Gasteiger partial charge in [-0.3, -0.25) is 9.59 Å². The summed E-state index contributed by atoms with van der Waals surface area (Å²) in [6.07, 6.45) is 4.77. The summed E-state index contributed by atoms with van der Waals surface area (Å²) in [6.45, 7) is 3.94. The lowest BCUT2D eigenvalue weighted by Gasteiger charge is -2.32. The van der Waals surface area contributed by atoms with E-state index in [-0.39, 0.29) is 18.1 Å². The number of aromatic nitrogens is 2. The van der Waals surface area contributed by atoms with Gasteiger partial charge in [0.2, 0.25) is 0 Å². The summed E-state index contributed by atoms with van der Waals surface area (Å²) in [5.74, 6) is 1.00. The second-order valence-electron chi connectivity index (χ2n) is 8.01. The van der Waals surface area contributed by atoms with E-state index in [2.05, 4.69) is 5.10 Å². The fraction of sp³-hybridized carbons (Fsp3) is 0.500. The Balaban J connectivity index is 1.27. The van der Waals surface area contributed by atoms with Gasteiger partial charge >= 0.3 is 0 Å². The van der Waals surface area contributed by atoms with Crippen molar-refractivity contribution in [3.05, 3.63) is 56.5 Å². The highest BCUT2D eigenvalue weighted by Gasteiger charge is 2.24. The van der Waals surface area contributed by atoms with Gasteiger partial charge in [0.25, 0.3) is 11.5 Å². The summed E-state index contributed by atoms with van der Waals surface area (Å²) in [6, 6.07) is 7.14. The van der Waals surface area contributed by atoms with Gasteiger partial charge in [-0.05, 0) is 74.3 Å². The molecule has 1 aliphatic heterocycles. The Bertz CT molecular complexity index is 964. The first-order valence-electron chi connectivity index (χ1n) is 10.3. The minimum absolute atomic E-state index is 0.00388. The molecule has 0 bridgehead atoms. The van der Waals surface area contributed by atoms with Crippen LogP contribution in [0.3, 0.4) is 0 Å². The zero-order valence-corrected chi connectivity index (χ0v) is 17.5. The average molecular weight is 416 g/mol. The molecular weight excluding hydrogens is 390 g/mol. The van der Waals surface area contributed by atoms with Crippen LogP contribution in [-0.4, -0.2) is 40.3 Å². The molecular formula is C22H26ClN3O3. The molecule has 0 saturated carbocycles. The molecule has 2 aliphatic rings. The maximum atomic E-state index is 12.5. The smallest absolute Gasteiger partial charge is 0.267 e. The number of carbonyl (C=O) groups is 1. The van der Waals surface area contributed by atoms with Gasteiger partial charge in [-0.25, -0.2) is 4.68 Å². The van der Waals surface area contributed by atoms with E-state index in [1.54, 1.807) is 22.9 Å². The lowest BCUT2D eigenvalue weighted by atomic mass is 9.97. The number of nitrogens with zero attached hydrogens (tertiary/aromatic N) is 3. The van der Waals surface area contributed by atoms with Crippen molar-refractivity contribution in [3.63, 3.8) is 0 Å². The number of ether oxygens (including phenoxy) is 1. The molecule has 1 aromatic carbocycles. The molecule has 1 aliphatic carbocycles. The molecule has 2 aromatic rings. The van der Waals surface area contributed by atoms with Crippen molar-refractivity contribution in [2.45, 2.75) is 45.6 Å². The summed E-state index contributed by atoms with van der Waals surface area (Å²) in [4.78, 5) is 26.6. The molecule has 1 saturated heterocycles. The van der Waals surface area contributed by atoms with Gasteiger partial charge in [-0.1, -0.05) is 11.6 Å². The minimum atomic E-state index is -0.0103. The van der Waals surface area contributed by atoms with Crippen LogP contribution < -0.4 is 10.3 Å². The van der Waals surface area contributed by atoms with Crippen molar-refractivity contribution >= 4 is 17.5 Å². The summed E-state index contributed by atoms with van der Waals surface area (Å²) in [5.41, 5.74) is 3.11. The van der Waals surface area contributed by atoms with E-state index in [1.807, 2.05) is 17.9 Å². The van der Waals surface area contributed by atoms with Crippen molar-refractivity contribution in [2.75, 3.05) is 19.7 Å². The highest BCUT2D eigenvalue weighted by molar-refractivity contribution is 6.31. The van der Waals surface area contributed by atoms with Crippen LogP contribution in [0.5, 0.6) is 5.75 Å². The Kier molecular flexibility index (Phi) is 5.90. The van der Waals surface area contributed by atoms with Gasteiger partial charge in [-0.2, -0.15) is 5.10 Å². The number of benzene rings is 1. The maximum Gasteiger partial charge on any atom is 0.267 e. The molecule has 1 fully saturated rings. The summed E-state index contributed by atoms with van der Waals surface area (Å²) >= 11 is 6.02. The molecule has 2 heterocycles. The highest BCUT2D eigenvalue weighted by Crippen LogP contribution is 2.22. The van der Waals surface area contributed by atoms with Crippen molar-refractivity contribution in [3.8, 4) is 5.75 Å². The topological polar surface area (TPSA) is 64.4 Å². The number of aryl methyl sites for hydroxylation is 3. The standard InChI is InChI=1S/C22H26ClN3O3/c1-15-11-18(5-6-19(15)23)29-14-22(28)25-9-7-16(8-10-25)13-26-21(27)12-17-3-2-4-20(17)24-26/h5-6,11-12,16H,2-4,7-10,13-14H2,1H3. The lowest BCUT2D eigenvalue weighted by Crippen LogP contribution is -2.42. The molecule has 0 radical (unpaired) electrons. The normalized spacial score (nSPS) is 16.7. The van der Waals surface area contributed by atoms with Crippen LogP contribution in [0.25, 0.3) is 0 Å². The van der Waals surface area contributed by atoms with Crippen molar-refractivity contribution in [1.82, 2.24) is 14.7 Å². The van der Waals surface area contributed by atoms with Crippen molar-refractivity contribution in [1.29, 1.82) is 0 Å². The fourth-order valence-electron chi connectivity index (χ4n) is 4.12. The molecule has 7 heteroatoms. The fourth-order valence-corrected chi connectivity index (χ4v) is 4.24. The molecule has 29 heavy (non-hydrogen) atoms. The highest BCUT2D eigenvalue weighted by atomic mass is 35.5. The number of hydrogen-bond acceptors (Lipinski definition) is 4. The molecule has 0 atom stereocenters. The third kappa shape index (κ3) is 4.64. The van der Waals surface area contributed by atoms with Crippen LogP contribution in [-0.2, 0) is 24.2 Å². The number of hydrogen-bond donors (Lipinski definition) is 0. The number of carbonyl (C=O) groups excluding carboxylic acids is 1. The molecule has 6 nitrogen and oxygen atoms in total. The second-order valence-corrected chi connectivity index (χ2v) is 8.42. The van der Waals surface area contributed by atoms with E-state index < -0.39 is 0 Å². The molecule has 0 spiro atoms. The first-order valence-corrected chi connectivity index (χ1v) is 10.6. The molecule has 154 valence electrons. The zero-order valence-electron chi connectivity index (χ0n) is 16.7. The number of rotatable bonds is 5. The Morgan fingerprint density at radius 3 is 2.79 bits per heavy atom. The van der Waals surface area contributed by atoms with Crippen LogP contribution in [0.15, 0.2) is 29.1 Å². The first-order chi connectivity index (χ1) is 14.0. The SMILES string of the molecule is Cc1cc(OCC(=O)N2CCC(Cn3nc4c(cc3=O)CCC4)CC2)ccc1Cl. The number of fused-ring (bicyclic) bond motifs is 1. The summed E-state index contributed by atoms with van der Waals surface area (Å²) in [7, 11) is 0. The van der Waals surface area contributed by atoms with Gasteiger partial charge in [0.15, 0.2) is 6.61 Å². The Labute approximate surface area is 175 Å². The minimum Gasteiger partial charge on any atom is -0.484 e. The molecule has 0 unspecified atom stereocenters. The largest absolute Gasteiger partial charge is 0.484 e. The predicted molar refractivity (Wildman–Crippen MR) is 112 cm³/mol. The predicted octanol–water partition coefficient (Wildman–Crippen LogP) is 3.01. The second kappa shape index (κ2) is 8.57. The van der Waals surface area contributed by atoms with Crippen molar-refractivity contribution < 1.29 is 9.53 Å². The molecule has 1 amide bonds. The average Bonchev–Trinajstić information content (AvgIpc) is 3.16. The van der Waals surface area contributed by atoms with E-state index in [9.17, 15) is 9.59 Å². The molecule has 1 aromatic heterocycles. The Morgan fingerprint density at radius 1 is 1.24 bits per heavy atom. The zero-order chi connectivity index (χ0) is 20.4. The van der Waals surface area contributed by atoms with Gasteiger partial charge in [0, 0.05) is 30.7 Å². The van der Waals surface area contributed by atoms with E-state index >= 15 is 0 Å². The van der Waals surface area contributed by atoms with Crippen LogP contribution >= 0.6 is 11.6 Å². The third-order valence-electron chi connectivity index (χ3n) is 5.91. The maximum absolute atomic E-state index is 12.5. The number of likely N-dealkylation sites (tertiary alicyclic amines) is 1. The number of amides is 1. The van der Waals surface area contributed by atoms with Crippen LogP contribution in [0.1, 0.15) is 36.1 Å². The van der Waals surface area contributed by atoms with Gasteiger partial charge in [0.05, 0.1) is 5.69 Å². The number of piperidine rings is 1. The molecule has 4 rings (SSSR count). The summed E-state index contributed by atoms with van der Waals surface area (Å²) in [5, 5.41) is 5.25. The van der Waals surface area contributed by atoms with E-state index in [0.717, 1.165) is 48.9 Å². The number of halogens is 1. The van der Waals surface area contributed by atoms with Gasteiger partial charge < -0.3 is 9.64 Å². The van der Waals surface area contributed by atoms with E-state index in [1.165, 1.54) is 0 Å². The van der Waals surface area contributed by atoms with Crippen LogP contribution in [0, 0.1) is 12.8 Å². The monoisotopic (exact) mass is 415 g/mol. The van der Waals surface area contributed by atoms with Gasteiger partial charge in [-0.15, -0.1) is 0 Å². The van der Waals surface area contributed by atoms with E-state index in [0.29, 0.717) is 36.3 Å². The lowest BCUT2D eigenvalue weighted by molar-refractivity contribution is -0.134. The van der Waals surface area contributed by atoms with Crippen LogP contribution in [0.4, 0.5) is 0 Å². The molecule has 0 N–H and O–H groups in total.